The second-order valence-corrected chi connectivity index (χ2v) is 3.90. The lowest BCUT2D eigenvalue weighted by molar-refractivity contribution is 0.0563. The second kappa shape index (κ2) is 5.87. The number of amides is 1. The fraction of sp³-hybridized carbons (Fsp3) is 0.154. The molecule has 0 bridgehead atoms. The van der Waals surface area contributed by atoms with Gasteiger partial charge in [-0.2, -0.15) is 0 Å². The maximum Gasteiger partial charge on any atom is 0.373 e. The summed E-state index contributed by atoms with van der Waals surface area (Å²) in [5.41, 5.74) is 6.07. The molecule has 0 radical (unpaired) electrons. The lowest BCUT2D eigenvalue weighted by Crippen LogP contribution is -2.14. The summed E-state index contributed by atoms with van der Waals surface area (Å²) in [6.45, 7) is 0.293. The molecule has 0 spiro atoms. The van der Waals surface area contributed by atoms with Crippen molar-refractivity contribution < 1.29 is 18.7 Å². The molecular formula is C13H13N3O4. The molecule has 0 unspecified atom stereocenters. The molecule has 7 heteroatoms. The standard InChI is InChI=1S/C13H13N3O4/c1-19-13(18)11-3-2-8(20-11)6-16-10-4-5-15-7-9(10)12(14)17/h2-5,7H,6H2,1H3,(H2,14,17)(H,15,16). The Hall–Kier alpha value is -2.83. The van der Waals surface area contributed by atoms with E-state index in [1.54, 1.807) is 12.1 Å². The summed E-state index contributed by atoms with van der Waals surface area (Å²) >= 11 is 0. The van der Waals surface area contributed by atoms with E-state index in [2.05, 4.69) is 15.0 Å². The molecular weight excluding hydrogens is 262 g/mol. The van der Waals surface area contributed by atoms with Crippen LogP contribution < -0.4 is 11.1 Å². The third-order valence-electron chi connectivity index (χ3n) is 2.59. The number of nitrogens with zero attached hydrogens (tertiary/aromatic N) is 1. The summed E-state index contributed by atoms with van der Waals surface area (Å²) in [5.74, 6) is -0.472. The van der Waals surface area contributed by atoms with E-state index in [0.717, 1.165) is 0 Å². The van der Waals surface area contributed by atoms with E-state index in [0.29, 0.717) is 18.0 Å². The fourth-order valence-electron chi connectivity index (χ4n) is 1.61. The highest BCUT2D eigenvalue weighted by Gasteiger charge is 2.12. The van der Waals surface area contributed by atoms with E-state index < -0.39 is 11.9 Å². The number of esters is 1. The molecule has 0 saturated carbocycles. The van der Waals surface area contributed by atoms with Crippen molar-refractivity contribution >= 4 is 17.6 Å². The predicted molar refractivity (Wildman–Crippen MR) is 70.1 cm³/mol. The number of pyridine rings is 1. The number of primary amides is 1. The van der Waals surface area contributed by atoms with E-state index in [1.807, 2.05) is 0 Å². The lowest BCUT2D eigenvalue weighted by atomic mass is 10.2. The Morgan fingerprint density at radius 1 is 1.40 bits per heavy atom. The lowest BCUT2D eigenvalue weighted by Gasteiger charge is -2.07. The van der Waals surface area contributed by atoms with Crippen LogP contribution >= 0.6 is 0 Å². The van der Waals surface area contributed by atoms with Crippen molar-refractivity contribution in [3.05, 3.63) is 47.7 Å². The minimum atomic E-state index is -0.574. The molecule has 2 heterocycles. The highest BCUT2D eigenvalue weighted by Crippen LogP contribution is 2.15. The van der Waals surface area contributed by atoms with Gasteiger partial charge in [0.2, 0.25) is 5.76 Å². The number of furan rings is 1. The number of anilines is 1. The van der Waals surface area contributed by atoms with Gasteiger partial charge in [0.1, 0.15) is 5.76 Å². The zero-order chi connectivity index (χ0) is 14.5. The molecule has 0 aromatic carbocycles. The Bertz CT molecular complexity index is 636. The van der Waals surface area contributed by atoms with Crippen LogP contribution in [0.15, 0.2) is 35.0 Å². The molecule has 7 nitrogen and oxygen atoms in total. The molecule has 2 aromatic heterocycles. The van der Waals surface area contributed by atoms with Crippen molar-refractivity contribution in [3.63, 3.8) is 0 Å². The van der Waals surface area contributed by atoms with E-state index in [-0.39, 0.29) is 11.3 Å². The highest BCUT2D eigenvalue weighted by molar-refractivity contribution is 5.98. The first-order valence-corrected chi connectivity index (χ1v) is 5.76. The second-order valence-electron chi connectivity index (χ2n) is 3.90. The van der Waals surface area contributed by atoms with E-state index in [9.17, 15) is 9.59 Å². The number of nitrogens with one attached hydrogen (secondary N) is 1. The largest absolute Gasteiger partial charge is 0.463 e. The number of hydrogen-bond acceptors (Lipinski definition) is 6. The zero-order valence-electron chi connectivity index (χ0n) is 10.8. The molecule has 0 fully saturated rings. The molecule has 0 aliphatic rings. The molecule has 2 aromatic rings. The minimum absolute atomic E-state index is 0.120. The normalized spacial score (nSPS) is 10.1. The van der Waals surface area contributed by atoms with Crippen LogP contribution in [0.5, 0.6) is 0 Å². The molecule has 0 atom stereocenters. The average Bonchev–Trinajstić information content (AvgIpc) is 2.93. The van der Waals surface area contributed by atoms with Gasteiger partial charge in [-0.05, 0) is 18.2 Å². The van der Waals surface area contributed by atoms with Crippen LogP contribution in [0.1, 0.15) is 26.7 Å². The van der Waals surface area contributed by atoms with Crippen LogP contribution in [0.3, 0.4) is 0 Å². The van der Waals surface area contributed by atoms with Crippen LogP contribution in [-0.4, -0.2) is 24.0 Å². The number of ether oxygens (including phenoxy) is 1. The minimum Gasteiger partial charge on any atom is -0.463 e. The highest BCUT2D eigenvalue weighted by atomic mass is 16.5. The molecule has 3 N–H and O–H groups in total. The summed E-state index contributed by atoms with van der Waals surface area (Å²) in [7, 11) is 1.28. The number of carbonyl (C=O) groups is 2. The molecule has 0 aliphatic heterocycles. The predicted octanol–water partition coefficient (Wildman–Crippen LogP) is 1.17. The van der Waals surface area contributed by atoms with Crippen molar-refractivity contribution in [1.29, 1.82) is 0 Å². The summed E-state index contributed by atoms with van der Waals surface area (Å²) in [6.07, 6.45) is 2.92. The van der Waals surface area contributed by atoms with Gasteiger partial charge in [-0.3, -0.25) is 9.78 Å². The molecule has 0 aliphatic carbocycles. The number of carbonyl (C=O) groups excluding carboxylic acids is 2. The number of nitrogens with two attached hydrogens (primary N) is 1. The van der Waals surface area contributed by atoms with Gasteiger partial charge in [0.05, 0.1) is 24.9 Å². The number of hydrogen-bond donors (Lipinski definition) is 2. The average molecular weight is 275 g/mol. The monoisotopic (exact) mass is 275 g/mol. The van der Waals surface area contributed by atoms with Gasteiger partial charge >= 0.3 is 5.97 Å². The Labute approximate surface area is 114 Å². The van der Waals surface area contributed by atoms with E-state index >= 15 is 0 Å². The van der Waals surface area contributed by atoms with Gasteiger partial charge in [-0.25, -0.2) is 4.79 Å². The molecule has 104 valence electrons. The van der Waals surface area contributed by atoms with Crippen LogP contribution in [0.2, 0.25) is 0 Å². The molecule has 20 heavy (non-hydrogen) atoms. The summed E-state index contributed by atoms with van der Waals surface area (Å²) in [4.78, 5) is 26.3. The topological polar surface area (TPSA) is 107 Å². The Kier molecular flexibility index (Phi) is 3.99. The van der Waals surface area contributed by atoms with Gasteiger partial charge in [-0.15, -0.1) is 0 Å². The summed E-state index contributed by atoms with van der Waals surface area (Å²) in [5, 5.41) is 2.99. The van der Waals surface area contributed by atoms with Crippen molar-refractivity contribution in [2.45, 2.75) is 6.54 Å². The zero-order valence-corrected chi connectivity index (χ0v) is 10.8. The third kappa shape index (κ3) is 2.94. The van der Waals surface area contributed by atoms with Crippen molar-refractivity contribution in [2.24, 2.45) is 5.73 Å². The first-order chi connectivity index (χ1) is 9.61. The first-order valence-electron chi connectivity index (χ1n) is 5.76. The Morgan fingerprint density at radius 2 is 2.20 bits per heavy atom. The summed E-state index contributed by atoms with van der Waals surface area (Å²) in [6, 6.07) is 4.79. The first kappa shape index (κ1) is 13.6. The van der Waals surface area contributed by atoms with Crippen LogP contribution in [0, 0.1) is 0 Å². The van der Waals surface area contributed by atoms with Gasteiger partial charge in [0.15, 0.2) is 0 Å². The maximum absolute atomic E-state index is 11.2. The number of rotatable bonds is 5. The van der Waals surface area contributed by atoms with Crippen LogP contribution in [0.4, 0.5) is 5.69 Å². The van der Waals surface area contributed by atoms with E-state index in [4.69, 9.17) is 10.2 Å². The third-order valence-corrected chi connectivity index (χ3v) is 2.59. The van der Waals surface area contributed by atoms with Gasteiger partial charge in [0, 0.05) is 12.4 Å². The Balaban J connectivity index is 2.07. The SMILES string of the molecule is COC(=O)c1ccc(CNc2ccncc2C(N)=O)o1. The number of aromatic nitrogens is 1. The smallest absolute Gasteiger partial charge is 0.373 e. The van der Waals surface area contributed by atoms with Crippen molar-refractivity contribution in [2.75, 3.05) is 12.4 Å². The van der Waals surface area contributed by atoms with E-state index in [1.165, 1.54) is 25.6 Å². The van der Waals surface area contributed by atoms with Gasteiger partial charge < -0.3 is 20.2 Å². The maximum atomic E-state index is 11.2. The van der Waals surface area contributed by atoms with Crippen molar-refractivity contribution in [1.82, 2.24) is 4.98 Å². The van der Waals surface area contributed by atoms with Crippen molar-refractivity contribution in [3.8, 4) is 0 Å². The Morgan fingerprint density at radius 3 is 2.90 bits per heavy atom. The van der Waals surface area contributed by atoms with Crippen LogP contribution in [0.25, 0.3) is 0 Å². The fourth-order valence-corrected chi connectivity index (χ4v) is 1.61. The van der Waals surface area contributed by atoms with Crippen LogP contribution in [-0.2, 0) is 11.3 Å². The number of methoxy groups -OCH3 is 1. The quantitative estimate of drug-likeness (QED) is 0.793. The molecule has 1 amide bonds. The summed E-state index contributed by atoms with van der Waals surface area (Å²) < 4.78 is 9.83. The van der Waals surface area contributed by atoms with Gasteiger partial charge in [0.25, 0.3) is 5.91 Å². The molecule has 2 rings (SSSR count). The molecule has 0 saturated heterocycles. The van der Waals surface area contributed by atoms with Gasteiger partial charge in [-0.1, -0.05) is 0 Å².